The smallest absolute Gasteiger partial charge is 0.255 e. The largest absolute Gasteiger partial charge is 0.497 e. The Morgan fingerprint density at radius 2 is 2.04 bits per heavy atom. The predicted octanol–water partition coefficient (Wildman–Crippen LogP) is 2.85. The minimum absolute atomic E-state index is 0.00147. The van der Waals surface area contributed by atoms with E-state index in [0.717, 1.165) is 38.2 Å². The van der Waals surface area contributed by atoms with Crippen LogP contribution in [0, 0.1) is 0 Å². The van der Waals surface area contributed by atoms with Crippen molar-refractivity contribution in [2.75, 3.05) is 26.9 Å². The number of rotatable bonds is 4. The van der Waals surface area contributed by atoms with Crippen molar-refractivity contribution in [3.63, 3.8) is 0 Å². The van der Waals surface area contributed by atoms with Gasteiger partial charge < -0.3 is 19.1 Å². The Morgan fingerprint density at radius 3 is 2.78 bits per heavy atom. The van der Waals surface area contributed by atoms with Gasteiger partial charge in [-0.2, -0.15) is 0 Å². The van der Waals surface area contributed by atoms with Crippen molar-refractivity contribution in [2.24, 2.45) is 0 Å². The van der Waals surface area contributed by atoms with Crippen molar-refractivity contribution in [1.82, 2.24) is 9.88 Å². The SMILES string of the molecule is COc1ccc2c(c1)CCN(C(=O)c1ccc(OC3CCOCC3)nc1)C2. The second-order valence-electron chi connectivity index (χ2n) is 6.93. The zero-order valence-electron chi connectivity index (χ0n) is 15.5. The lowest BCUT2D eigenvalue weighted by Gasteiger charge is -2.29. The predicted molar refractivity (Wildman–Crippen MR) is 100 cm³/mol. The Kier molecular flexibility index (Phi) is 5.25. The van der Waals surface area contributed by atoms with Gasteiger partial charge in [0.15, 0.2) is 0 Å². The Bertz CT molecular complexity index is 800. The highest BCUT2D eigenvalue weighted by atomic mass is 16.5. The van der Waals surface area contributed by atoms with E-state index in [-0.39, 0.29) is 12.0 Å². The highest BCUT2D eigenvalue weighted by molar-refractivity contribution is 5.94. The van der Waals surface area contributed by atoms with Crippen LogP contribution in [0.1, 0.15) is 34.3 Å². The molecule has 0 aliphatic carbocycles. The van der Waals surface area contributed by atoms with Gasteiger partial charge in [-0.1, -0.05) is 6.07 Å². The highest BCUT2D eigenvalue weighted by Crippen LogP contribution is 2.25. The molecule has 1 aromatic carbocycles. The van der Waals surface area contributed by atoms with Gasteiger partial charge in [0.25, 0.3) is 5.91 Å². The summed E-state index contributed by atoms with van der Waals surface area (Å²) in [5.41, 5.74) is 3.01. The molecule has 2 aliphatic heterocycles. The van der Waals surface area contributed by atoms with E-state index in [0.29, 0.717) is 24.5 Å². The van der Waals surface area contributed by atoms with E-state index < -0.39 is 0 Å². The molecule has 0 unspecified atom stereocenters. The molecule has 3 heterocycles. The molecule has 0 spiro atoms. The van der Waals surface area contributed by atoms with Gasteiger partial charge in [0.1, 0.15) is 11.9 Å². The van der Waals surface area contributed by atoms with E-state index in [4.69, 9.17) is 14.2 Å². The van der Waals surface area contributed by atoms with Crippen LogP contribution in [0.5, 0.6) is 11.6 Å². The number of pyridine rings is 1. The highest BCUT2D eigenvalue weighted by Gasteiger charge is 2.23. The molecule has 1 aromatic heterocycles. The van der Waals surface area contributed by atoms with E-state index in [1.165, 1.54) is 11.1 Å². The first-order valence-corrected chi connectivity index (χ1v) is 9.38. The maximum Gasteiger partial charge on any atom is 0.255 e. The number of fused-ring (bicyclic) bond motifs is 1. The van der Waals surface area contributed by atoms with E-state index in [9.17, 15) is 4.79 Å². The summed E-state index contributed by atoms with van der Waals surface area (Å²) in [6.45, 7) is 2.75. The van der Waals surface area contributed by atoms with Gasteiger partial charge in [0.2, 0.25) is 5.88 Å². The first-order valence-electron chi connectivity index (χ1n) is 9.38. The number of methoxy groups -OCH3 is 1. The fourth-order valence-electron chi connectivity index (χ4n) is 3.55. The average molecular weight is 368 g/mol. The summed E-state index contributed by atoms with van der Waals surface area (Å²) >= 11 is 0. The lowest BCUT2D eigenvalue weighted by Crippen LogP contribution is -2.36. The van der Waals surface area contributed by atoms with Crippen LogP contribution in [-0.4, -0.2) is 48.8 Å². The quantitative estimate of drug-likeness (QED) is 0.830. The van der Waals surface area contributed by atoms with Crippen LogP contribution in [0.15, 0.2) is 36.5 Å². The fourth-order valence-corrected chi connectivity index (χ4v) is 3.55. The second-order valence-corrected chi connectivity index (χ2v) is 6.93. The average Bonchev–Trinajstić information content (AvgIpc) is 2.74. The lowest BCUT2D eigenvalue weighted by atomic mass is 9.99. The van der Waals surface area contributed by atoms with E-state index >= 15 is 0 Å². The number of benzene rings is 1. The molecule has 6 heteroatoms. The molecule has 0 N–H and O–H groups in total. The topological polar surface area (TPSA) is 60.9 Å². The Labute approximate surface area is 159 Å². The van der Waals surface area contributed by atoms with Crippen LogP contribution >= 0.6 is 0 Å². The van der Waals surface area contributed by atoms with Gasteiger partial charge in [0, 0.05) is 38.2 Å². The number of carbonyl (C=O) groups is 1. The Balaban J connectivity index is 1.40. The van der Waals surface area contributed by atoms with Crippen molar-refractivity contribution in [2.45, 2.75) is 31.9 Å². The summed E-state index contributed by atoms with van der Waals surface area (Å²) in [5.74, 6) is 1.42. The third-order valence-electron chi connectivity index (χ3n) is 5.15. The van der Waals surface area contributed by atoms with Gasteiger partial charge in [-0.05, 0) is 35.7 Å². The first kappa shape index (κ1) is 17.8. The summed E-state index contributed by atoms with van der Waals surface area (Å²) < 4.78 is 16.5. The molecule has 27 heavy (non-hydrogen) atoms. The van der Waals surface area contributed by atoms with Crippen molar-refractivity contribution in [3.8, 4) is 11.6 Å². The zero-order chi connectivity index (χ0) is 18.6. The second kappa shape index (κ2) is 7.96. The summed E-state index contributed by atoms with van der Waals surface area (Å²) in [7, 11) is 1.67. The van der Waals surface area contributed by atoms with Crippen LogP contribution in [0.2, 0.25) is 0 Å². The first-order chi connectivity index (χ1) is 13.2. The third kappa shape index (κ3) is 4.06. The molecular weight excluding hydrogens is 344 g/mol. The molecule has 4 rings (SSSR count). The minimum atomic E-state index is 0.00147. The van der Waals surface area contributed by atoms with E-state index in [1.807, 2.05) is 17.0 Å². The number of nitrogens with zero attached hydrogens (tertiary/aromatic N) is 2. The van der Waals surface area contributed by atoms with E-state index in [1.54, 1.807) is 25.4 Å². The standard InChI is InChI=1S/C21H24N2O4/c1-25-19-4-2-17-14-23(9-6-15(17)12-19)21(24)16-3-5-20(22-13-16)27-18-7-10-26-11-8-18/h2-5,12-13,18H,6-11,14H2,1H3. The van der Waals surface area contributed by atoms with Gasteiger partial charge in [0.05, 0.1) is 25.9 Å². The van der Waals surface area contributed by atoms with Crippen molar-refractivity contribution >= 4 is 5.91 Å². The number of hydrogen-bond donors (Lipinski definition) is 0. The molecule has 0 radical (unpaired) electrons. The normalized spacial score (nSPS) is 17.3. The van der Waals surface area contributed by atoms with Gasteiger partial charge in [-0.15, -0.1) is 0 Å². The van der Waals surface area contributed by atoms with Crippen molar-refractivity contribution in [1.29, 1.82) is 0 Å². The van der Waals surface area contributed by atoms with Crippen LogP contribution < -0.4 is 9.47 Å². The molecule has 2 aliphatic rings. The van der Waals surface area contributed by atoms with Crippen LogP contribution in [0.25, 0.3) is 0 Å². The number of hydrogen-bond acceptors (Lipinski definition) is 5. The van der Waals surface area contributed by atoms with Crippen molar-refractivity contribution in [3.05, 3.63) is 53.2 Å². The molecule has 0 atom stereocenters. The summed E-state index contributed by atoms with van der Waals surface area (Å²) in [5, 5.41) is 0. The Hall–Kier alpha value is -2.60. The van der Waals surface area contributed by atoms with Gasteiger partial charge in [-0.3, -0.25) is 4.79 Å². The van der Waals surface area contributed by atoms with Crippen molar-refractivity contribution < 1.29 is 19.0 Å². The third-order valence-corrected chi connectivity index (χ3v) is 5.15. The summed E-state index contributed by atoms with van der Waals surface area (Å²) in [6, 6.07) is 9.62. The molecule has 1 amide bonds. The molecule has 6 nitrogen and oxygen atoms in total. The number of amides is 1. The Morgan fingerprint density at radius 1 is 1.19 bits per heavy atom. The fraction of sp³-hybridized carbons (Fsp3) is 0.429. The summed E-state index contributed by atoms with van der Waals surface area (Å²) in [6.07, 6.45) is 4.33. The number of aromatic nitrogens is 1. The summed E-state index contributed by atoms with van der Waals surface area (Å²) in [4.78, 5) is 19.0. The molecule has 1 fully saturated rings. The maximum atomic E-state index is 12.8. The minimum Gasteiger partial charge on any atom is -0.497 e. The van der Waals surface area contributed by atoms with Crippen LogP contribution in [0.4, 0.5) is 0 Å². The molecule has 142 valence electrons. The number of ether oxygens (including phenoxy) is 3. The van der Waals surface area contributed by atoms with Crippen LogP contribution in [-0.2, 0) is 17.7 Å². The van der Waals surface area contributed by atoms with E-state index in [2.05, 4.69) is 11.1 Å². The molecule has 2 aromatic rings. The zero-order valence-corrected chi connectivity index (χ0v) is 15.5. The lowest BCUT2D eigenvalue weighted by molar-refractivity contribution is 0.0237. The molecule has 0 bridgehead atoms. The monoisotopic (exact) mass is 368 g/mol. The van der Waals surface area contributed by atoms with Gasteiger partial charge >= 0.3 is 0 Å². The van der Waals surface area contributed by atoms with Crippen LogP contribution in [0.3, 0.4) is 0 Å². The molecule has 0 saturated carbocycles. The molecule has 1 saturated heterocycles. The molecular formula is C21H24N2O4. The maximum absolute atomic E-state index is 12.8. The number of carbonyl (C=O) groups excluding carboxylic acids is 1. The van der Waals surface area contributed by atoms with Gasteiger partial charge in [-0.25, -0.2) is 4.98 Å².